The number of hydrogen-bond donors (Lipinski definition) is 1. The highest BCUT2D eigenvalue weighted by atomic mass is 32.1. The molecule has 0 spiro atoms. The fourth-order valence-corrected chi connectivity index (χ4v) is 2.90. The van der Waals surface area contributed by atoms with E-state index in [9.17, 15) is 22.8 Å². The van der Waals surface area contributed by atoms with E-state index in [-0.39, 0.29) is 12.1 Å². The number of nitrogens with zero attached hydrogens (tertiary/aromatic N) is 2. The Morgan fingerprint density at radius 3 is 2.85 bits per heavy atom. The van der Waals surface area contributed by atoms with Crippen molar-refractivity contribution in [1.29, 1.82) is 0 Å². The Labute approximate surface area is 149 Å². The van der Waals surface area contributed by atoms with Crippen molar-refractivity contribution >= 4 is 33.9 Å². The van der Waals surface area contributed by atoms with Crippen molar-refractivity contribution in [2.75, 3.05) is 11.9 Å². The van der Waals surface area contributed by atoms with E-state index in [4.69, 9.17) is 4.74 Å². The number of carbonyl (C=O) groups excluding carboxylic acids is 2. The minimum Gasteiger partial charge on any atom is -0.455 e. The van der Waals surface area contributed by atoms with Gasteiger partial charge in [0.1, 0.15) is 0 Å². The lowest BCUT2D eigenvalue weighted by Crippen LogP contribution is -2.22. The van der Waals surface area contributed by atoms with Crippen molar-refractivity contribution in [2.45, 2.75) is 12.6 Å². The van der Waals surface area contributed by atoms with Gasteiger partial charge in [-0.2, -0.15) is 13.2 Å². The fraction of sp³-hybridized carbons (Fsp3) is 0.188. The van der Waals surface area contributed by atoms with Gasteiger partial charge >= 0.3 is 12.1 Å². The molecule has 0 unspecified atom stereocenters. The highest BCUT2D eigenvalue weighted by molar-refractivity contribution is 7.15. The number of imidazole rings is 1. The lowest BCUT2D eigenvalue weighted by atomic mass is 10.2. The van der Waals surface area contributed by atoms with E-state index in [0.29, 0.717) is 5.69 Å². The molecule has 0 aliphatic carbocycles. The third kappa shape index (κ3) is 4.39. The van der Waals surface area contributed by atoms with Crippen LogP contribution in [0.1, 0.15) is 11.3 Å². The van der Waals surface area contributed by atoms with E-state index in [1.165, 1.54) is 23.5 Å². The van der Waals surface area contributed by atoms with E-state index < -0.39 is 30.2 Å². The molecule has 1 N–H and O–H groups in total. The molecule has 0 aliphatic heterocycles. The van der Waals surface area contributed by atoms with Gasteiger partial charge in [-0.1, -0.05) is 6.07 Å². The molecule has 2 aromatic heterocycles. The normalized spacial score (nSPS) is 11.5. The molecule has 136 valence electrons. The van der Waals surface area contributed by atoms with Gasteiger partial charge in [-0.15, -0.1) is 11.3 Å². The first kappa shape index (κ1) is 17.9. The second-order valence-corrected chi connectivity index (χ2v) is 6.16. The van der Waals surface area contributed by atoms with Crippen molar-refractivity contribution in [3.05, 3.63) is 53.3 Å². The molecule has 1 amide bonds. The molecule has 1 aromatic carbocycles. The van der Waals surface area contributed by atoms with Crippen LogP contribution in [0.3, 0.4) is 0 Å². The molecule has 2 heterocycles. The van der Waals surface area contributed by atoms with Gasteiger partial charge in [-0.05, 0) is 18.2 Å². The average Bonchev–Trinajstić information content (AvgIpc) is 3.14. The van der Waals surface area contributed by atoms with E-state index in [0.717, 1.165) is 17.1 Å². The van der Waals surface area contributed by atoms with Crippen molar-refractivity contribution < 1.29 is 27.5 Å². The fourth-order valence-electron chi connectivity index (χ4n) is 2.18. The summed E-state index contributed by atoms with van der Waals surface area (Å²) in [4.78, 5) is 28.4. The van der Waals surface area contributed by atoms with Gasteiger partial charge in [0.2, 0.25) is 0 Å². The third-order valence-electron chi connectivity index (χ3n) is 3.31. The number of aromatic nitrogens is 2. The van der Waals surface area contributed by atoms with E-state index in [1.807, 2.05) is 5.38 Å². The molecular weight excluding hydrogens is 371 g/mol. The van der Waals surface area contributed by atoms with Crippen molar-refractivity contribution in [1.82, 2.24) is 9.38 Å². The van der Waals surface area contributed by atoms with Gasteiger partial charge in [-0.3, -0.25) is 14.0 Å². The van der Waals surface area contributed by atoms with Gasteiger partial charge in [-0.25, -0.2) is 4.98 Å². The molecule has 3 aromatic rings. The first-order valence-corrected chi connectivity index (χ1v) is 8.23. The molecule has 0 aliphatic rings. The number of hydrogen-bond acceptors (Lipinski definition) is 5. The number of rotatable bonds is 5. The minimum absolute atomic E-state index is 0.0322. The first-order valence-electron chi connectivity index (χ1n) is 7.35. The van der Waals surface area contributed by atoms with Crippen LogP contribution < -0.4 is 5.32 Å². The van der Waals surface area contributed by atoms with Crippen LogP contribution in [0, 0.1) is 0 Å². The van der Waals surface area contributed by atoms with Gasteiger partial charge < -0.3 is 10.1 Å². The predicted octanol–water partition coefficient (Wildman–Crippen LogP) is 3.14. The number of benzene rings is 1. The minimum atomic E-state index is -4.51. The maximum absolute atomic E-state index is 12.6. The molecule has 26 heavy (non-hydrogen) atoms. The number of ether oxygens (including phenoxy) is 1. The summed E-state index contributed by atoms with van der Waals surface area (Å²) in [6.07, 6.45) is -1.14. The number of thiazole rings is 1. The second-order valence-electron chi connectivity index (χ2n) is 5.29. The summed E-state index contributed by atoms with van der Waals surface area (Å²) in [5.41, 5.74) is -0.414. The third-order valence-corrected chi connectivity index (χ3v) is 4.08. The van der Waals surface area contributed by atoms with Crippen molar-refractivity contribution in [2.24, 2.45) is 0 Å². The number of halogens is 3. The number of amides is 1. The van der Waals surface area contributed by atoms with E-state index in [1.54, 1.807) is 16.8 Å². The number of anilines is 1. The smallest absolute Gasteiger partial charge is 0.416 e. The molecule has 0 saturated heterocycles. The number of alkyl halides is 3. The quantitative estimate of drug-likeness (QED) is 0.687. The summed E-state index contributed by atoms with van der Waals surface area (Å²) < 4.78 is 44.5. The molecule has 3 rings (SSSR count). The number of esters is 1. The van der Waals surface area contributed by atoms with Crippen molar-refractivity contribution in [3.8, 4) is 0 Å². The summed E-state index contributed by atoms with van der Waals surface area (Å²) in [6, 6.07) is 4.19. The van der Waals surface area contributed by atoms with Crippen LogP contribution in [-0.4, -0.2) is 27.9 Å². The predicted molar refractivity (Wildman–Crippen MR) is 87.8 cm³/mol. The Balaban J connectivity index is 1.50. The maximum atomic E-state index is 12.6. The topological polar surface area (TPSA) is 72.7 Å². The molecule has 0 fully saturated rings. The maximum Gasteiger partial charge on any atom is 0.416 e. The zero-order valence-corrected chi connectivity index (χ0v) is 13.9. The monoisotopic (exact) mass is 383 g/mol. The van der Waals surface area contributed by atoms with Crippen LogP contribution in [0.15, 0.2) is 42.0 Å². The van der Waals surface area contributed by atoms with Gasteiger partial charge in [0.25, 0.3) is 5.91 Å². The Bertz CT molecular complexity index is 920. The first-order chi connectivity index (χ1) is 12.3. The molecule has 0 bridgehead atoms. The summed E-state index contributed by atoms with van der Waals surface area (Å²) in [5, 5.41) is 4.11. The molecular formula is C16H12F3N3O3S. The lowest BCUT2D eigenvalue weighted by Gasteiger charge is -2.10. The van der Waals surface area contributed by atoms with Crippen LogP contribution in [-0.2, 0) is 26.9 Å². The Morgan fingerprint density at radius 1 is 1.31 bits per heavy atom. The Hall–Kier alpha value is -2.88. The number of nitrogens with one attached hydrogen (secondary N) is 1. The molecule has 0 saturated carbocycles. The summed E-state index contributed by atoms with van der Waals surface area (Å²) >= 11 is 1.41. The van der Waals surface area contributed by atoms with Crippen LogP contribution in [0.2, 0.25) is 0 Å². The molecule has 6 nitrogen and oxygen atoms in total. The summed E-state index contributed by atoms with van der Waals surface area (Å²) in [7, 11) is 0. The molecule has 10 heteroatoms. The largest absolute Gasteiger partial charge is 0.455 e. The molecule has 0 radical (unpaired) electrons. The standard InChI is InChI=1S/C16H12F3N3O3S/c17-16(18,19)10-2-1-3-11(6-10)20-13(23)9-25-14(24)7-12-8-22-4-5-26-15(22)21-12/h1-6,8H,7,9H2,(H,20,23). The van der Waals surface area contributed by atoms with Gasteiger partial charge in [0.05, 0.1) is 17.7 Å². The van der Waals surface area contributed by atoms with E-state index in [2.05, 4.69) is 10.3 Å². The highest BCUT2D eigenvalue weighted by Gasteiger charge is 2.30. The average molecular weight is 383 g/mol. The van der Waals surface area contributed by atoms with Gasteiger partial charge in [0, 0.05) is 23.5 Å². The number of carbonyl (C=O) groups is 2. The zero-order chi connectivity index (χ0) is 18.7. The van der Waals surface area contributed by atoms with Crippen molar-refractivity contribution in [3.63, 3.8) is 0 Å². The Morgan fingerprint density at radius 2 is 2.12 bits per heavy atom. The Kier molecular flexibility index (Phi) is 4.94. The SMILES string of the molecule is O=C(COC(=O)Cc1cn2ccsc2n1)Nc1cccc(C(F)(F)F)c1. The molecule has 0 atom stereocenters. The summed E-state index contributed by atoms with van der Waals surface area (Å²) in [6.45, 7) is -0.600. The highest BCUT2D eigenvalue weighted by Crippen LogP contribution is 2.30. The zero-order valence-electron chi connectivity index (χ0n) is 13.1. The number of fused-ring (bicyclic) bond motifs is 1. The van der Waals surface area contributed by atoms with Crippen LogP contribution in [0.25, 0.3) is 4.96 Å². The van der Waals surface area contributed by atoms with Crippen LogP contribution in [0.4, 0.5) is 18.9 Å². The second kappa shape index (κ2) is 7.16. The van der Waals surface area contributed by atoms with Crippen LogP contribution >= 0.6 is 11.3 Å². The van der Waals surface area contributed by atoms with E-state index >= 15 is 0 Å². The lowest BCUT2D eigenvalue weighted by molar-refractivity contribution is -0.146. The van der Waals surface area contributed by atoms with Crippen LogP contribution in [0.5, 0.6) is 0 Å². The van der Waals surface area contributed by atoms with Gasteiger partial charge in [0.15, 0.2) is 11.6 Å². The summed E-state index contributed by atoms with van der Waals surface area (Å²) in [5.74, 6) is -1.39.